The summed E-state index contributed by atoms with van der Waals surface area (Å²) in [5, 5.41) is 0. The van der Waals surface area contributed by atoms with Crippen LogP contribution in [0.5, 0.6) is 0 Å². The lowest BCUT2D eigenvalue weighted by atomic mass is 9.82. The van der Waals surface area contributed by atoms with Crippen LogP contribution < -0.4 is 0 Å². The van der Waals surface area contributed by atoms with Crippen LogP contribution in [0.3, 0.4) is 0 Å². The maximum absolute atomic E-state index is 13.9. The SMILES string of the molecule is CC(C)OCc1cc(C(=O)N2CCC3(CCCOC3)C2)ccc1F. The second-order valence-electron chi connectivity index (χ2n) is 7.30. The molecule has 0 radical (unpaired) electrons. The van der Waals surface area contributed by atoms with E-state index in [-0.39, 0.29) is 29.9 Å². The van der Waals surface area contributed by atoms with Crippen molar-refractivity contribution in [2.24, 2.45) is 5.41 Å². The Bertz CT molecular complexity index is 596. The first kappa shape index (κ1) is 17.4. The van der Waals surface area contributed by atoms with Crippen LogP contribution in [0, 0.1) is 11.2 Å². The Morgan fingerprint density at radius 2 is 2.25 bits per heavy atom. The molecule has 2 heterocycles. The molecule has 3 rings (SSSR count). The predicted molar refractivity (Wildman–Crippen MR) is 89.3 cm³/mol. The minimum absolute atomic E-state index is 0.0218. The number of carbonyl (C=O) groups is 1. The summed E-state index contributed by atoms with van der Waals surface area (Å²) in [5.74, 6) is -0.353. The van der Waals surface area contributed by atoms with Gasteiger partial charge in [-0.3, -0.25) is 4.79 Å². The molecule has 132 valence electrons. The van der Waals surface area contributed by atoms with Gasteiger partial charge in [0.15, 0.2) is 0 Å². The van der Waals surface area contributed by atoms with Gasteiger partial charge in [-0.25, -0.2) is 4.39 Å². The monoisotopic (exact) mass is 335 g/mol. The minimum Gasteiger partial charge on any atom is -0.381 e. The summed E-state index contributed by atoms with van der Waals surface area (Å²) in [4.78, 5) is 14.7. The van der Waals surface area contributed by atoms with Gasteiger partial charge in [-0.05, 0) is 51.3 Å². The lowest BCUT2D eigenvalue weighted by Gasteiger charge is -2.33. The quantitative estimate of drug-likeness (QED) is 0.846. The smallest absolute Gasteiger partial charge is 0.253 e. The van der Waals surface area contributed by atoms with E-state index < -0.39 is 0 Å². The van der Waals surface area contributed by atoms with Crippen LogP contribution in [0.1, 0.15) is 49.0 Å². The van der Waals surface area contributed by atoms with Crippen LogP contribution in [-0.2, 0) is 16.1 Å². The lowest BCUT2D eigenvalue weighted by molar-refractivity contribution is -0.00160. The highest BCUT2D eigenvalue weighted by molar-refractivity contribution is 5.94. The van der Waals surface area contributed by atoms with Gasteiger partial charge in [-0.1, -0.05) is 0 Å². The maximum atomic E-state index is 13.9. The summed E-state index contributed by atoms with van der Waals surface area (Å²) in [6, 6.07) is 4.56. The van der Waals surface area contributed by atoms with E-state index in [9.17, 15) is 9.18 Å². The fourth-order valence-electron chi connectivity index (χ4n) is 3.60. The van der Waals surface area contributed by atoms with Crippen molar-refractivity contribution in [3.05, 3.63) is 35.1 Å². The summed E-state index contributed by atoms with van der Waals surface area (Å²) >= 11 is 0. The van der Waals surface area contributed by atoms with Crippen molar-refractivity contribution in [1.82, 2.24) is 4.90 Å². The number of amides is 1. The van der Waals surface area contributed by atoms with Crippen molar-refractivity contribution >= 4 is 5.91 Å². The van der Waals surface area contributed by atoms with Gasteiger partial charge in [0.25, 0.3) is 5.91 Å². The van der Waals surface area contributed by atoms with E-state index in [0.717, 1.165) is 45.6 Å². The molecule has 1 atom stereocenters. The van der Waals surface area contributed by atoms with E-state index in [1.807, 2.05) is 18.7 Å². The number of likely N-dealkylation sites (tertiary alicyclic amines) is 1. The molecule has 1 amide bonds. The maximum Gasteiger partial charge on any atom is 0.253 e. The second kappa shape index (κ2) is 7.19. The van der Waals surface area contributed by atoms with E-state index in [1.54, 1.807) is 12.1 Å². The zero-order valence-electron chi connectivity index (χ0n) is 14.5. The summed E-state index contributed by atoms with van der Waals surface area (Å²) < 4.78 is 25.0. The summed E-state index contributed by atoms with van der Waals surface area (Å²) in [6.45, 7) is 7.05. The Balaban J connectivity index is 1.70. The van der Waals surface area contributed by atoms with E-state index in [1.165, 1.54) is 6.07 Å². The fraction of sp³-hybridized carbons (Fsp3) is 0.632. The van der Waals surface area contributed by atoms with Gasteiger partial charge in [-0.2, -0.15) is 0 Å². The average Bonchev–Trinajstić information content (AvgIpc) is 2.97. The van der Waals surface area contributed by atoms with Crippen molar-refractivity contribution in [2.75, 3.05) is 26.3 Å². The second-order valence-corrected chi connectivity index (χ2v) is 7.30. The molecule has 1 unspecified atom stereocenters. The van der Waals surface area contributed by atoms with Crippen LogP contribution >= 0.6 is 0 Å². The summed E-state index contributed by atoms with van der Waals surface area (Å²) in [5.41, 5.74) is 1.09. The third-order valence-electron chi connectivity index (χ3n) is 4.99. The van der Waals surface area contributed by atoms with Crippen LogP contribution in [0.25, 0.3) is 0 Å². The van der Waals surface area contributed by atoms with Gasteiger partial charge in [-0.15, -0.1) is 0 Å². The number of ether oxygens (including phenoxy) is 2. The first-order valence-electron chi connectivity index (χ1n) is 8.76. The first-order chi connectivity index (χ1) is 11.5. The fourth-order valence-corrected chi connectivity index (χ4v) is 3.60. The number of carbonyl (C=O) groups excluding carboxylic acids is 1. The van der Waals surface area contributed by atoms with E-state index in [2.05, 4.69) is 0 Å². The Hall–Kier alpha value is -1.46. The average molecular weight is 335 g/mol. The first-order valence-corrected chi connectivity index (χ1v) is 8.76. The molecule has 24 heavy (non-hydrogen) atoms. The van der Waals surface area contributed by atoms with Crippen molar-refractivity contribution in [3.8, 4) is 0 Å². The third-order valence-corrected chi connectivity index (χ3v) is 4.99. The molecule has 4 nitrogen and oxygen atoms in total. The molecule has 2 aliphatic heterocycles. The summed E-state index contributed by atoms with van der Waals surface area (Å²) in [6.07, 6.45) is 3.19. The van der Waals surface area contributed by atoms with Gasteiger partial charge >= 0.3 is 0 Å². The zero-order valence-corrected chi connectivity index (χ0v) is 14.5. The molecule has 0 saturated carbocycles. The van der Waals surface area contributed by atoms with E-state index in [0.29, 0.717) is 11.1 Å². The van der Waals surface area contributed by atoms with Gasteiger partial charge < -0.3 is 14.4 Å². The minimum atomic E-state index is -0.328. The van der Waals surface area contributed by atoms with Crippen molar-refractivity contribution in [3.63, 3.8) is 0 Å². The third kappa shape index (κ3) is 3.78. The lowest BCUT2D eigenvalue weighted by Crippen LogP contribution is -2.37. The van der Waals surface area contributed by atoms with Gasteiger partial charge in [0, 0.05) is 36.2 Å². The van der Waals surface area contributed by atoms with Crippen molar-refractivity contribution in [1.29, 1.82) is 0 Å². The molecular formula is C19H26FNO3. The highest BCUT2D eigenvalue weighted by Gasteiger charge is 2.41. The number of benzene rings is 1. The molecule has 1 aromatic carbocycles. The highest BCUT2D eigenvalue weighted by atomic mass is 19.1. The van der Waals surface area contributed by atoms with Crippen LogP contribution in [-0.4, -0.2) is 43.2 Å². The number of nitrogens with zero attached hydrogens (tertiary/aromatic N) is 1. The number of hydrogen-bond donors (Lipinski definition) is 0. The molecule has 2 aliphatic rings. The molecule has 2 fully saturated rings. The Morgan fingerprint density at radius 1 is 1.42 bits per heavy atom. The van der Waals surface area contributed by atoms with Crippen molar-refractivity contribution < 1.29 is 18.7 Å². The normalized spacial score (nSPS) is 24.1. The molecule has 5 heteroatoms. The molecule has 1 spiro atoms. The molecule has 0 aliphatic carbocycles. The Labute approximate surface area is 142 Å². The van der Waals surface area contributed by atoms with Gasteiger partial charge in [0.1, 0.15) is 5.82 Å². The number of rotatable bonds is 4. The van der Waals surface area contributed by atoms with E-state index >= 15 is 0 Å². The molecule has 1 aromatic rings. The molecular weight excluding hydrogens is 309 g/mol. The Morgan fingerprint density at radius 3 is 2.96 bits per heavy atom. The summed E-state index contributed by atoms with van der Waals surface area (Å²) in [7, 11) is 0. The molecule has 2 saturated heterocycles. The topological polar surface area (TPSA) is 38.8 Å². The Kier molecular flexibility index (Phi) is 5.21. The molecule has 0 N–H and O–H groups in total. The van der Waals surface area contributed by atoms with Crippen LogP contribution in [0.2, 0.25) is 0 Å². The number of hydrogen-bond acceptors (Lipinski definition) is 3. The van der Waals surface area contributed by atoms with Gasteiger partial charge in [0.05, 0.1) is 19.3 Å². The molecule has 0 bridgehead atoms. The predicted octanol–water partition coefficient (Wildman–Crippen LogP) is 3.39. The van der Waals surface area contributed by atoms with E-state index in [4.69, 9.17) is 9.47 Å². The van der Waals surface area contributed by atoms with Gasteiger partial charge in [0.2, 0.25) is 0 Å². The van der Waals surface area contributed by atoms with Crippen molar-refractivity contribution in [2.45, 2.75) is 45.8 Å². The van der Waals surface area contributed by atoms with Crippen LogP contribution in [0.4, 0.5) is 4.39 Å². The molecule has 0 aromatic heterocycles. The standard InChI is InChI=1S/C19H26FNO3/c1-14(2)24-11-16-10-15(4-5-17(16)20)18(22)21-8-7-19(12-21)6-3-9-23-13-19/h4-5,10,14H,3,6-9,11-13H2,1-2H3. The zero-order chi connectivity index (χ0) is 17.2. The highest BCUT2D eigenvalue weighted by Crippen LogP contribution is 2.38. The number of halogens is 1. The van der Waals surface area contributed by atoms with Crippen LogP contribution in [0.15, 0.2) is 18.2 Å². The largest absolute Gasteiger partial charge is 0.381 e.